The lowest BCUT2D eigenvalue weighted by molar-refractivity contribution is 0.672. The number of fused-ring (bicyclic) bond motifs is 10. The van der Waals surface area contributed by atoms with E-state index in [1.165, 1.54) is 60.0 Å². The monoisotopic (exact) mass is 687 g/mol. The summed E-state index contributed by atoms with van der Waals surface area (Å²) < 4.78 is 6.66. The molecule has 0 aliphatic carbocycles. The van der Waals surface area contributed by atoms with Crippen molar-refractivity contribution in [3.8, 4) is 22.3 Å². The second-order valence-electron chi connectivity index (χ2n) is 14.1. The molecule has 1 heterocycles. The summed E-state index contributed by atoms with van der Waals surface area (Å²) in [5, 5.41) is 12.2. The highest BCUT2D eigenvalue weighted by molar-refractivity contribution is 6.23. The summed E-state index contributed by atoms with van der Waals surface area (Å²) in [6.07, 6.45) is 0. The van der Waals surface area contributed by atoms with Crippen molar-refractivity contribution in [2.24, 2.45) is 0 Å². The van der Waals surface area contributed by atoms with Gasteiger partial charge < -0.3 is 9.32 Å². The van der Waals surface area contributed by atoms with Crippen molar-refractivity contribution in [2.45, 2.75) is 0 Å². The molecule has 0 radical (unpaired) electrons. The predicted octanol–water partition coefficient (Wildman–Crippen LogP) is 15.0. The van der Waals surface area contributed by atoms with E-state index in [9.17, 15) is 0 Å². The van der Waals surface area contributed by atoms with Crippen molar-refractivity contribution in [3.05, 3.63) is 200 Å². The van der Waals surface area contributed by atoms with Gasteiger partial charge in [0.2, 0.25) is 0 Å². The smallest absolute Gasteiger partial charge is 0.143 e. The topological polar surface area (TPSA) is 16.4 Å². The zero-order valence-corrected chi connectivity index (χ0v) is 29.4. The predicted molar refractivity (Wildman–Crippen MR) is 229 cm³/mol. The normalized spacial score (nSPS) is 11.7. The van der Waals surface area contributed by atoms with E-state index in [2.05, 4.69) is 205 Å². The van der Waals surface area contributed by atoms with E-state index in [0.717, 1.165) is 44.4 Å². The lowest BCUT2D eigenvalue weighted by Gasteiger charge is -2.26. The summed E-state index contributed by atoms with van der Waals surface area (Å²) in [5.41, 5.74) is 9.79. The van der Waals surface area contributed by atoms with Gasteiger partial charge in [0.15, 0.2) is 0 Å². The van der Waals surface area contributed by atoms with Crippen LogP contribution in [0.25, 0.3) is 87.3 Å². The Kier molecular flexibility index (Phi) is 6.90. The molecule has 11 rings (SSSR count). The molecule has 1 aromatic heterocycles. The van der Waals surface area contributed by atoms with Gasteiger partial charge in [-0.2, -0.15) is 0 Å². The van der Waals surface area contributed by atoms with Crippen LogP contribution in [0.2, 0.25) is 0 Å². The largest absolute Gasteiger partial charge is 0.455 e. The molecule has 2 heteroatoms. The molecule has 0 bridgehead atoms. The molecular formula is C52H33NO. The molecular weight excluding hydrogens is 655 g/mol. The first-order valence-corrected chi connectivity index (χ1v) is 18.5. The molecule has 0 N–H and O–H groups in total. The number of hydrogen-bond donors (Lipinski definition) is 0. The van der Waals surface area contributed by atoms with Crippen LogP contribution >= 0.6 is 0 Å². The van der Waals surface area contributed by atoms with E-state index < -0.39 is 0 Å². The van der Waals surface area contributed by atoms with Crippen LogP contribution in [0.3, 0.4) is 0 Å². The molecule has 2 nitrogen and oxygen atoms in total. The number of anilines is 3. The molecule has 0 unspecified atom stereocenters. The second-order valence-corrected chi connectivity index (χ2v) is 14.1. The van der Waals surface area contributed by atoms with Gasteiger partial charge in [-0.1, -0.05) is 146 Å². The molecule has 0 aliphatic heterocycles. The Bertz CT molecular complexity index is 3190. The van der Waals surface area contributed by atoms with Crippen LogP contribution < -0.4 is 4.90 Å². The van der Waals surface area contributed by atoms with Gasteiger partial charge in [-0.05, 0) is 108 Å². The first-order valence-electron chi connectivity index (χ1n) is 18.5. The second kappa shape index (κ2) is 12.2. The summed E-state index contributed by atoms with van der Waals surface area (Å²) in [5.74, 6) is 0. The van der Waals surface area contributed by atoms with Crippen molar-refractivity contribution in [2.75, 3.05) is 4.90 Å². The van der Waals surface area contributed by atoms with Gasteiger partial charge in [-0.15, -0.1) is 0 Å². The zero-order chi connectivity index (χ0) is 35.6. The number of hydrogen-bond acceptors (Lipinski definition) is 2. The van der Waals surface area contributed by atoms with Crippen LogP contribution in [-0.2, 0) is 0 Å². The number of nitrogens with zero attached hydrogens (tertiary/aromatic N) is 1. The molecule has 252 valence electrons. The van der Waals surface area contributed by atoms with Gasteiger partial charge in [0, 0.05) is 39.3 Å². The molecule has 0 spiro atoms. The van der Waals surface area contributed by atoms with E-state index >= 15 is 0 Å². The Labute approximate surface area is 312 Å². The molecule has 11 aromatic rings. The van der Waals surface area contributed by atoms with Gasteiger partial charge in [-0.3, -0.25) is 0 Å². The number of rotatable bonds is 5. The highest BCUT2D eigenvalue weighted by Crippen LogP contribution is 2.43. The van der Waals surface area contributed by atoms with Gasteiger partial charge >= 0.3 is 0 Å². The summed E-state index contributed by atoms with van der Waals surface area (Å²) >= 11 is 0. The number of benzene rings is 10. The third-order valence-corrected chi connectivity index (χ3v) is 11.0. The minimum absolute atomic E-state index is 0.872. The molecule has 10 aromatic carbocycles. The summed E-state index contributed by atoms with van der Waals surface area (Å²) in [6.45, 7) is 0. The zero-order valence-electron chi connectivity index (χ0n) is 29.4. The summed E-state index contributed by atoms with van der Waals surface area (Å²) in [4.78, 5) is 2.33. The Morgan fingerprint density at radius 1 is 0.315 bits per heavy atom. The van der Waals surface area contributed by atoms with Crippen LogP contribution in [0, 0.1) is 0 Å². The fourth-order valence-corrected chi connectivity index (χ4v) is 8.42. The molecule has 54 heavy (non-hydrogen) atoms. The van der Waals surface area contributed by atoms with E-state index in [1.807, 2.05) is 0 Å². The van der Waals surface area contributed by atoms with E-state index in [4.69, 9.17) is 4.42 Å². The molecule has 0 fully saturated rings. The molecule has 0 aliphatic rings. The summed E-state index contributed by atoms with van der Waals surface area (Å²) in [7, 11) is 0. The minimum atomic E-state index is 0.872. The van der Waals surface area contributed by atoms with E-state index in [-0.39, 0.29) is 0 Å². The van der Waals surface area contributed by atoms with Crippen LogP contribution in [0.5, 0.6) is 0 Å². The van der Waals surface area contributed by atoms with Crippen molar-refractivity contribution >= 4 is 82.1 Å². The average Bonchev–Trinajstić information content (AvgIpc) is 3.63. The first-order chi connectivity index (χ1) is 26.8. The fraction of sp³-hybridized carbons (Fsp3) is 0. The molecule has 0 saturated heterocycles. The maximum Gasteiger partial charge on any atom is 0.143 e. The fourth-order valence-electron chi connectivity index (χ4n) is 8.42. The van der Waals surface area contributed by atoms with Crippen LogP contribution in [0.4, 0.5) is 17.1 Å². The third-order valence-electron chi connectivity index (χ3n) is 11.0. The maximum atomic E-state index is 6.66. The standard InChI is InChI=1S/C52H33NO/c1-2-10-34(11-3-1)35-20-25-40(26-21-35)53(42-29-31-46-48-30-24-37-13-5-7-15-44(37)52(48)54-50(46)33-42)41-27-22-38(23-28-41)49-32-39-19-18-36-12-4-6-14-43(36)51(39)47-17-9-8-16-45(47)49/h1-33H. The van der Waals surface area contributed by atoms with Crippen LogP contribution in [0.15, 0.2) is 205 Å². The van der Waals surface area contributed by atoms with Gasteiger partial charge in [0.05, 0.1) is 0 Å². The third kappa shape index (κ3) is 4.88. The Hall–Kier alpha value is -7.16. The Morgan fingerprint density at radius 2 is 0.852 bits per heavy atom. The maximum absolute atomic E-state index is 6.66. The Balaban J connectivity index is 1.06. The first kappa shape index (κ1) is 30.5. The van der Waals surface area contributed by atoms with Crippen molar-refractivity contribution < 1.29 is 4.42 Å². The SMILES string of the molecule is c1ccc(-c2ccc(N(c3ccc(-c4cc5ccc6ccccc6c5c5ccccc45)cc3)c3ccc4c(c3)oc3c5ccccc5ccc43)cc2)cc1. The van der Waals surface area contributed by atoms with Crippen LogP contribution in [-0.4, -0.2) is 0 Å². The quantitative estimate of drug-likeness (QED) is 0.168. The van der Waals surface area contributed by atoms with Crippen LogP contribution in [0.1, 0.15) is 0 Å². The molecule has 0 atom stereocenters. The minimum Gasteiger partial charge on any atom is -0.455 e. The van der Waals surface area contributed by atoms with Gasteiger partial charge in [0.1, 0.15) is 11.2 Å². The lowest BCUT2D eigenvalue weighted by atomic mass is 9.91. The lowest BCUT2D eigenvalue weighted by Crippen LogP contribution is -2.09. The molecule has 0 saturated carbocycles. The Morgan fingerprint density at radius 3 is 1.61 bits per heavy atom. The van der Waals surface area contributed by atoms with E-state index in [1.54, 1.807) is 0 Å². The average molecular weight is 688 g/mol. The molecule has 0 amide bonds. The van der Waals surface area contributed by atoms with E-state index in [0.29, 0.717) is 0 Å². The van der Waals surface area contributed by atoms with Crippen molar-refractivity contribution in [3.63, 3.8) is 0 Å². The van der Waals surface area contributed by atoms with Gasteiger partial charge in [0.25, 0.3) is 0 Å². The highest BCUT2D eigenvalue weighted by atomic mass is 16.3. The van der Waals surface area contributed by atoms with Crippen molar-refractivity contribution in [1.82, 2.24) is 0 Å². The summed E-state index contributed by atoms with van der Waals surface area (Å²) in [6, 6.07) is 72.2. The van der Waals surface area contributed by atoms with Crippen molar-refractivity contribution in [1.29, 1.82) is 0 Å². The number of furan rings is 1. The highest BCUT2D eigenvalue weighted by Gasteiger charge is 2.18. The van der Waals surface area contributed by atoms with Gasteiger partial charge in [-0.25, -0.2) is 0 Å².